The van der Waals surface area contributed by atoms with E-state index in [-0.39, 0.29) is 0 Å². The molecular formula is C23H22F3NO. The van der Waals surface area contributed by atoms with E-state index in [9.17, 15) is 13.2 Å². The van der Waals surface area contributed by atoms with E-state index in [1.54, 1.807) is 6.07 Å². The summed E-state index contributed by atoms with van der Waals surface area (Å²) >= 11 is 0. The smallest absolute Gasteiger partial charge is 0.388 e. The van der Waals surface area contributed by atoms with Crippen molar-refractivity contribution in [3.8, 4) is 17.0 Å². The Labute approximate surface area is 163 Å². The molecule has 28 heavy (non-hydrogen) atoms. The van der Waals surface area contributed by atoms with Gasteiger partial charge in [-0.1, -0.05) is 67.9 Å². The molecule has 0 aliphatic rings. The maximum Gasteiger partial charge on any atom is 0.574 e. The van der Waals surface area contributed by atoms with Crippen LogP contribution in [0.15, 0.2) is 66.9 Å². The summed E-state index contributed by atoms with van der Waals surface area (Å²) in [7, 11) is 0. The Morgan fingerprint density at radius 1 is 0.714 bits per heavy atom. The molecule has 0 fully saturated rings. The Kier molecular flexibility index (Phi) is 6.34. The molecule has 0 saturated heterocycles. The second-order valence-electron chi connectivity index (χ2n) is 6.70. The van der Waals surface area contributed by atoms with Crippen LogP contribution in [-0.4, -0.2) is 11.3 Å². The summed E-state index contributed by atoms with van der Waals surface area (Å²) < 4.78 is 40.3. The number of hydrogen-bond acceptors (Lipinski definition) is 2. The molecule has 0 atom stereocenters. The normalized spacial score (nSPS) is 11.4. The molecule has 146 valence electrons. The topological polar surface area (TPSA) is 22.1 Å². The van der Waals surface area contributed by atoms with Crippen LogP contribution in [0, 0.1) is 0 Å². The highest BCUT2D eigenvalue weighted by Gasteiger charge is 2.31. The van der Waals surface area contributed by atoms with E-state index in [1.807, 2.05) is 0 Å². The quantitative estimate of drug-likeness (QED) is 0.470. The molecule has 0 aliphatic carbocycles. The molecule has 0 bridgehead atoms. The number of aryl methyl sites for hydroxylation is 3. The van der Waals surface area contributed by atoms with Crippen LogP contribution >= 0.6 is 0 Å². The SMILES string of the molecule is CCCc1ccc(-c2ccc(CCc3ccc(OC(F)(F)F)nc3)cc2)cc1. The first-order valence-electron chi connectivity index (χ1n) is 9.32. The third kappa shape index (κ3) is 5.84. The summed E-state index contributed by atoms with van der Waals surface area (Å²) in [6.45, 7) is 2.17. The van der Waals surface area contributed by atoms with Gasteiger partial charge in [0.15, 0.2) is 0 Å². The highest BCUT2D eigenvalue weighted by atomic mass is 19.4. The van der Waals surface area contributed by atoms with Gasteiger partial charge < -0.3 is 4.74 Å². The maximum absolute atomic E-state index is 12.2. The Morgan fingerprint density at radius 3 is 1.68 bits per heavy atom. The fraction of sp³-hybridized carbons (Fsp3) is 0.261. The van der Waals surface area contributed by atoms with E-state index in [4.69, 9.17) is 0 Å². The van der Waals surface area contributed by atoms with Crippen molar-refractivity contribution in [3.05, 3.63) is 83.6 Å². The highest BCUT2D eigenvalue weighted by molar-refractivity contribution is 5.64. The van der Waals surface area contributed by atoms with Crippen molar-refractivity contribution in [3.63, 3.8) is 0 Å². The van der Waals surface area contributed by atoms with E-state index in [0.717, 1.165) is 24.8 Å². The van der Waals surface area contributed by atoms with Gasteiger partial charge in [-0.05, 0) is 47.1 Å². The summed E-state index contributed by atoms with van der Waals surface area (Å²) in [5.41, 5.74) is 5.74. The third-order valence-electron chi connectivity index (χ3n) is 4.50. The lowest BCUT2D eigenvalue weighted by Gasteiger charge is -2.08. The van der Waals surface area contributed by atoms with Gasteiger partial charge in [-0.15, -0.1) is 13.2 Å². The summed E-state index contributed by atoms with van der Waals surface area (Å²) in [4.78, 5) is 3.71. The van der Waals surface area contributed by atoms with Crippen molar-refractivity contribution in [1.29, 1.82) is 0 Å². The van der Waals surface area contributed by atoms with Gasteiger partial charge in [0, 0.05) is 12.3 Å². The number of rotatable bonds is 7. The molecule has 1 heterocycles. The third-order valence-corrected chi connectivity index (χ3v) is 4.50. The zero-order valence-electron chi connectivity index (χ0n) is 15.7. The number of benzene rings is 2. The largest absolute Gasteiger partial charge is 0.574 e. The van der Waals surface area contributed by atoms with E-state index in [1.165, 1.54) is 34.5 Å². The molecule has 3 rings (SSSR count). The van der Waals surface area contributed by atoms with Crippen molar-refractivity contribution < 1.29 is 17.9 Å². The van der Waals surface area contributed by atoms with Gasteiger partial charge in [-0.25, -0.2) is 4.98 Å². The van der Waals surface area contributed by atoms with E-state index in [2.05, 4.69) is 65.2 Å². The summed E-state index contributed by atoms with van der Waals surface area (Å²) in [5.74, 6) is -0.439. The van der Waals surface area contributed by atoms with Gasteiger partial charge in [-0.2, -0.15) is 0 Å². The average molecular weight is 385 g/mol. The molecule has 2 aromatic carbocycles. The summed E-state index contributed by atoms with van der Waals surface area (Å²) in [5, 5.41) is 0. The van der Waals surface area contributed by atoms with Crippen LogP contribution in [0.3, 0.4) is 0 Å². The molecular weight excluding hydrogens is 363 g/mol. The highest BCUT2D eigenvalue weighted by Crippen LogP contribution is 2.23. The van der Waals surface area contributed by atoms with Crippen molar-refractivity contribution in [2.24, 2.45) is 0 Å². The Hall–Kier alpha value is -2.82. The predicted octanol–water partition coefficient (Wildman–Crippen LogP) is 6.38. The maximum atomic E-state index is 12.2. The van der Waals surface area contributed by atoms with E-state index >= 15 is 0 Å². The number of nitrogens with zero attached hydrogens (tertiary/aromatic N) is 1. The summed E-state index contributed by atoms with van der Waals surface area (Å²) in [6, 6.07) is 19.9. The Morgan fingerprint density at radius 2 is 1.21 bits per heavy atom. The zero-order valence-corrected chi connectivity index (χ0v) is 15.7. The van der Waals surface area contributed by atoms with Gasteiger partial charge in [0.25, 0.3) is 0 Å². The van der Waals surface area contributed by atoms with Crippen molar-refractivity contribution >= 4 is 0 Å². The van der Waals surface area contributed by atoms with Crippen LogP contribution in [0.25, 0.3) is 11.1 Å². The van der Waals surface area contributed by atoms with Crippen LogP contribution in [0.4, 0.5) is 13.2 Å². The number of aromatic nitrogens is 1. The molecule has 0 unspecified atom stereocenters. The van der Waals surface area contributed by atoms with E-state index in [0.29, 0.717) is 6.42 Å². The first-order chi connectivity index (χ1) is 13.4. The fourth-order valence-corrected chi connectivity index (χ4v) is 3.04. The fourth-order valence-electron chi connectivity index (χ4n) is 3.04. The molecule has 5 heteroatoms. The van der Waals surface area contributed by atoms with Crippen molar-refractivity contribution in [1.82, 2.24) is 4.98 Å². The Balaban J connectivity index is 1.57. The lowest BCUT2D eigenvalue weighted by Crippen LogP contribution is -2.17. The van der Waals surface area contributed by atoms with Gasteiger partial charge >= 0.3 is 6.36 Å². The molecule has 0 amide bonds. The van der Waals surface area contributed by atoms with Crippen LogP contribution < -0.4 is 4.74 Å². The minimum absolute atomic E-state index is 0.439. The lowest BCUT2D eigenvalue weighted by molar-refractivity contribution is -0.276. The van der Waals surface area contributed by atoms with Crippen LogP contribution in [0.5, 0.6) is 5.88 Å². The molecule has 0 radical (unpaired) electrons. The van der Waals surface area contributed by atoms with Gasteiger partial charge in [-0.3, -0.25) is 0 Å². The number of hydrogen-bond donors (Lipinski definition) is 0. The number of alkyl halides is 3. The van der Waals surface area contributed by atoms with Crippen molar-refractivity contribution in [2.75, 3.05) is 0 Å². The average Bonchev–Trinajstić information content (AvgIpc) is 2.68. The molecule has 2 nitrogen and oxygen atoms in total. The second-order valence-corrected chi connectivity index (χ2v) is 6.70. The number of ether oxygens (including phenoxy) is 1. The standard InChI is InChI=1S/C23H22F3NO/c1-2-3-17-6-11-20(12-7-17)21-13-8-18(9-14-21)4-5-19-10-15-22(27-16-19)28-23(24,25)26/h6-16H,2-5H2,1H3. The van der Waals surface area contributed by atoms with Crippen LogP contribution in [-0.2, 0) is 19.3 Å². The second kappa shape index (κ2) is 8.91. The van der Waals surface area contributed by atoms with Gasteiger partial charge in [0.1, 0.15) is 0 Å². The van der Waals surface area contributed by atoms with Crippen molar-refractivity contribution in [2.45, 2.75) is 39.0 Å². The predicted molar refractivity (Wildman–Crippen MR) is 104 cm³/mol. The van der Waals surface area contributed by atoms with Gasteiger partial charge in [0.2, 0.25) is 5.88 Å². The molecule has 0 aliphatic heterocycles. The molecule has 1 aromatic heterocycles. The minimum atomic E-state index is -4.72. The molecule has 0 spiro atoms. The number of halogens is 3. The zero-order chi connectivity index (χ0) is 20.0. The Bertz CT molecular complexity index is 870. The van der Waals surface area contributed by atoms with Crippen LogP contribution in [0.2, 0.25) is 0 Å². The monoisotopic (exact) mass is 385 g/mol. The molecule has 3 aromatic rings. The molecule has 0 saturated carbocycles. The molecule has 0 N–H and O–H groups in total. The minimum Gasteiger partial charge on any atom is -0.388 e. The van der Waals surface area contributed by atoms with Crippen LogP contribution in [0.1, 0.15) is 30.0 Å². The van der Waals surface area contributed by atoms with E-state index < -0.39 is 12.2 Å². The first kappa shape index (κ1) is 19.9. The lowest BCUT2D eigenvalue weighted by atomic mass is 9.99. The number of pyridine rings is 1. The first-order valence-corrected chi connectivity index (χ1v) is 9.32. The summed E-state index contributed by atoms with van der Waals surface area (Å²) in [6.07, 6.45) is 0.431. The van der Waals surface area contributed by atoms with Gasteiger partial charge in [0.05, 0.1) is 0 Å².